The first-order valence-electron chi connectivity index (χ1n) is 9.34. The van der Waals surface area contributed by atoms with Gasteiger partial charge in [0.1, 0.15) is 11.4 Å². The molecule has 2 aromatic carbocycles. The van der Waals surface area contributed by atoms with Gasteiger partial charge in [0.2, 0.25) is 0 Å². The second kappa shape index (κ2) is 6.81. The van der Waals surface area contributed by atoms with Crippen LogP contribution in [0.1, 0.15) is 30.4 Å². The Balaban J connectivity index is 1.49. The van der Waals surface area contributed by atoms with Crippen molar-refractivity contribution in [1.82, 2.24) is 4.90 Å². The maximum atomic E-state index is 11.5. The summed E-state index contributed by atoms with van der Waals surface area (Å²) in [7, 11) is 1.70. The molecule has 5 rings (SSSR count). The van der Waals surface area contributed by atoms with E-state index in [-0.39, 0.29) is 6.04 Å². The third-order valence-electron chi connectivity index (χ3n) is 6.05. The second-order valence-corrected chi connectivity index (χ2v) is 7.55. The maximum Gasteiger partial charge on any atom is 0.118 e. The molecule has 1 N–H and O–H groups in total. The smallest absolute Gasteiger partial charge is 0.118 e. The monoisotopic (exact) mass is 337 g/mol. The predicted molar refractivity (Wildman–Crippen MR) is 99.7 cm³/mol. The molecule has 2 saturated heterocycles. The Bertz CT molecular complexity index is 700. The molecule has 132 valence electrons. The zero-order chi connectivity index (χ0) is 17.3. The van der Waals surface area contributed by atoms with Gasteiger partial charge in [0.05, 0.1) is 7.11 Å². The minimum Gasteiger partial charge on any atom is -0.497 e. The lowest BCUT2D eigenvalue weighted by atomic mass is 9.67. The Morgan fingerprint density at radius 1 is 1.08 bits per heavy atom. The molecule has 2 aromatic rings. The van der Waals surface area contributed by atoms with Gasteiger partial charge < -0.3 is 9.84 Å². The Morgan fingerprint density at radius 2 is 1.84 bits per heavy atom. The van der Waals surface area contributed by atoms with Crippen LogP contribution >= 0.6 is 0 Å². The van der Waals surface area contributed by atoms with Crippen molar-refractivity contribution in [3.05, 3.63) is 65.7 Å². The first-order chi connectivity index (χ1) is 12.2. The van der Waals surface area contributed by atoms with E-state index < -0.39 is 5.60 Å². The summed E-state index contributed by atoms with van der Waals surface area (Å²) in [5, 5.41) is 11.5. The summed E-state index contributed by atoms with van der Waals surface area (Å²) in [5.74, 6) is 1.50. The number of fused-ring (bicyclic) bond motifs is 3. The summed E-state index contributed by atoms with van der Waals surface area (Å²) in [6.07, 6.45) is 4.26. The number of benzene rings is 2. The van der Waals surface area contributed by atoms with Crippen LogP contribution in [0, 0.1) is 5.92 Å². The quantitative estimate of drug-likeness (QED) is 0.905. The lowest BCUT2D eigenvalue weighted by molar-refractivity contribution is -0.137. The van der Waals surface area contributed by atoms with Gasteiger partial charge in [-0.2, -0.15) is 0 Å². The Labute approximate surface area is 150 Å². The number of hydrogen-bond donors (Lipinski definition) is 1. The summed E-state index contributed by atoms with van der Waals surface area (Å²) in [4.78, 5) is 2.52. The van der Waals surface area contributed by atoms with Gasteiger partial charge in [-0.1, -0.05) is 42.5 Å². The number of methoxy groups -OCH3 is 1. The fourth-order valence-electron chi connectivity index (χ4n) is 4.76. The molecule has 0 radical (unpaired) electrons. The Kier molecular flexibility index (Phi) is 4.53. The highest BCUT2D eigenvalue weighted by Gasteiger charge is 2.50. The van der Waals surface area contributed by atoms with E-state index in [4.69, 9.17) is 4.74 Å². The average Bonchev–Trinajstić information content (AvgIpc) is 2.68. The highest BCUT2D eigenvalue weighted by molar-refractivity contribution is 5.28. The van der Waals surface area contributed by atoms with Gasteiger partial charge in [-0.05, 0) is 54.9 Å². The minimum absolute atomic E-state index is 0.234. The average molecular weight is 337 g/mol. The van der Waals surface area contributed by atoms with Crippen LogP contribution in [0.4, 0.5) is 0 Å². The molecule has 3 nitrogen and oxygen atoms in total. The first kappa shape index (κ1) is 16.6. The van der Waals surface area contributed by atoms with Crippen LogP contribution in [0.3, 0.4) is 0 Å². The van der Waals surface area contributed by atoms with Gasteiger partial charge in [0.15, 0.2) is 0 Å². The number of hydrogen-bond acceptors (Lipinski definition) is 3. The van der Waals surface area contributed by atoms with Gasteiger partial charge in [0, 0.05) is 19.1 Å². The standard InChI is InChI=1S/C22H27NO2/c1-25-20-10-7-17(8-11-20)13-14-23-16-18-9-12-21(23)22(24,15-18)19-5-3-2-4-6-19/h2-8,10-11,18,21,24H,9,12-16H2,1H3. The van der Waals surface area contributed by atoms with E-state index in [1.54, 1.807) is 7.11 Å². The molecule has 2 aliphatic heterocycles. The predicted octanol–water partition coefficient (Wildman–Crippen LogP) is 3.61. The summed E-state index contributed by atoms with van der Waals surface area (Å²) in [6.45, 7) is 2.12. The fourth-order valence-corrected chi connectivity index (χ4v) is 4.76. The van der Waals surface area contributed by atoms with Crippen molar-refractivity contribution < 1.29 is 9.84 Å². The lowest BCUT2D eigenvalue weighted by Crippen LogP contribution is -2.61. The van der Waals surface area contributed by atoms with Crippen LogP contribution in [0.25, 0.3) is 0 Å². The number of rotatable bonds is 5. The van der Waals surface area contributed by atoms with Crippen LogP contribution in [0.5, 0.6) is 5.75 Å². The molecule has 3 heteroatoms. The van der Waals surface area contributed by atoms with Crippen molar-refractivity contribution >= 4 is 0 Å². The van der Waals surface area contributed by atoms with E-state index in [1.165, 1.54) is 12.0 Å². The lowest BCUT2D eigenvalue weighted by Gasteiger charge is -2.55. The van der Waals surface area contributed by atoms with Crippen molar-refractivity contribution in [2.45, 2.75) is 37.3 Å². The highest BCUT2D eigenvalue weighted by Crippen LogP contribution is 2.47. The van der Waals surface area contributed by atoms with Crippen molar-refractivity contribution in [1.29, 1.82) is 0 Å². The van der Waals surface area contributed by atoms with E-state index in [9.17, 15) is 5.11 Å². The SMILES string of the molecule is COc1ccc(CCN2CC3CCC2C(O)(c2ccccc2)C3)cc1. The largest absolute Gasteiger partial charge is 0.497 e. The van der Waals surface area contributed by atoms with Crippen LogP contribution in [0.2, 0.25) is 0 Å². The van der Waals surface area contributed by atoms with Crippen molar-refractivity contribution in [2.24, 2.45) is 5.92 Å². The number of nitrogens with zero attached hydrogens (tertiary/aromatic N) is 1. The zero-order valence-corrected chi connectivity index (χ0v) is 14.9. The molecular weight excluding hydrogens is 310 g/mol. The van der Waals surface area contributed by atoms with Gasteiger partial charge in [-0.3, -0.25) is 4.90 Å². The molecule has 1 aliphatic carbocycles. The van der Waals surface area contributed by atoms with Gasteiger partial charge in [-0.25, -0.2) is 0 Å². The van der Waals surface area contributed by atoms with E-state index in [0.29, 0.717) is 5.92 Å². The van der Waals surface area contributed by atoms with E-state index in [1.807, 2.05) is 30.3 Å². The molecule has 3 unspecified atom stereocenters. The number of ether oxygens (including phenoxy) is 1. The van der Waals surface area contributed by atoms with E-state index >= 15 is 0 Å². The molecule has 0 aromatic heterocycles. The topological polar surface area (TPSA) is 32.7 Å². The van der Waals surface area contributed by atoms with Gasteiger partial charge in [-0.15, -0.1) is 0 Å². The third kappa shape index (κ3) is 3.19. The molecule has 0 spiro atoms. The van der Waals surface area contributed by atoms with E-state index in [0.717, 1.165) is 43.7 Å². The third-order valence-corrected chi connectivity index (χ3v) is 6.05. The molecule has 3 fully saturated rings. The molecule has 25 heavy (non-hydrogen) atoms. The summed E-state index contributed by atoms with van der Waals surface area (Å²) >= 11 is 0. The Morgan fingerprint density at radius 3 is 2.52 bits per heavy atom. The molecule has 1 saturated carbocycles. The molecule has 3 aliphatic rings. The van der Waals surface area contributed by atoms with Crippen molar-refractivity contribution in [2.75, 3.05) is 20.2 Å². The summed E-state index contributed by atoms with van der Waals surface area (Å²) < 4.78 is 5.24. The Hall–Kier alpha value is -1.84. The molecule has 3 atom stereocenters. The zero-order valence-electron chi connectivity index (χ0n) is 14.9. The molecule has 2 bridgehead atoms. The maximum absolute atomic E-state index is 11.5. The summed E-state index contributed by atoms with van der Waals surface area (Å²) in [5.41, 5.74) is 1.71. The van der Waals surface area contributed by atoms with Crippen LogP contribution in [0.15, 0.2) is 54.6 Å². The minimum atomic E-state index is -0.692. The van der Waals surface area contributed by atoms with Crippen LogP contribution < -0.4 is 4.74 Å². The second-order valence-electron chi connectivity index (χ2n) is 7.55. The van der Waals surface area contributed by atoms with Crippen LogP contribution in [-0.2, 0) is 12.0 Å². The van der Waals surface area contributed by atoms with Crippen molar-refractivity contribution in [3.63, 3.8) is 0 Å². The van der Waals surface area contributed by atoms with Crippen molar-refractivity contribution in [3.8, 4) is 5.75 Å². The highest BCUT2D eigenvalue weighted by atomic mass is 16.5. The van der Waals surface area contributed by atoms with E-state index in [2.05, 4.69) is 29.2 Å². The van der Waals surface area contributed by atoms with Gasteiger partial charge >= 0.3 is 0 Å². The molecule has 0 amide bonds. The van der Waals surface area contributed by atoms with Gasteiger partial charge in [0.25, 0.3) is 0 Å². The summed E-state index contributed by atoms with van der Waals surface area (Å²) in [6, 6.07) is 18.8. The number of aliphatic hydroxyl groups is 1. The molecular formula is C22H27NO2. The normalized spacial score (nSPS) is 28.9. The molecule has 2 heterocycles. The number of piperidine rings is 2. The first-order valence-corrected chi connectivity index (χ1v) is 9.34. The fraction of sp³-hybridized carbons (Fsp3) is 0.455. The van der Waals surface area contributed by atoms with Crippen LogP contribution in [-0.4, -0.2) is 36.2 Å².